The number of ether oxygens (including phenoxy) is 4. The minimum Gasteiger partial charge on any atom is -0.496 e. The minimum atomic E-state index is -0.526. The molecule has 0 atom stereocenters. The van der Waals surface area contributed by atoms with Crippen LogP contribution in [0.5, 0.6) is 23.0 Å². The first kappa shape index (κ1) is 47.7. The van der Waals surface area contributed by atoms with E-state index in [0.29, 0.717) is 44.9 Å². The molecule has 70 heavy (non-hydrogen) atoms. The smallest absolute Gasteiger partial charge is 0.344 e. The lowest BCUT2D eigenvalue weighted by molar-refractivity contribution is 0.0719. The Morgan fingerprint density at radius 1 is 0.400 bits per heavy atom. The molecule has 2 aliphatic rings. The zero-order chi connectivity index (χ0) is 49.2. The molecule has 0 N–H and O–H groups in total. The van der Waals surface area contributed by atoms with Crippen molar-refractivity contribution in [1.29, 1.82) is 0 Å². The number of benzene rings is 7. The number of carbonyl (C=O) groups is 4. The van der Waals surface area contributed by atoms with Gasteiger partial charge in [0.1, 0.15) is 23.0 Å². The highest BCUT2D eigenvalue weighted by Crippen LogP contribution is 2.48. The average molecular weight is 933 g/mol. The molecule has 8 heteroatoms. The van der Waals surface area contributed by atoms with Gasteiger partial charge in [0.15, 0.2) is 5.78 Å². The van der Waals surface area contributed by atoms with E-state index in [1.165, 1.54) is 24.5 Å². The van der Waals surface area contributed by atoms with Gasteiger partial charge in [-0.3, -0.25) is 4.79 Å². The van der Waals surface area contributed by atoms with Gasteiger partial charge in [0.25, 0.3) is 0 Å². The number of esters is 3. The summed E-state index contributed by atoms with van der Waals surface area (Å²) in [6, 6.07) is 41.9. The van der Waals surface area contributed by atoms with Gasteiger partial charge in [0, 0.05) is 16.4 Å². The van der Waals surface area contributed by atoms with Gasteiger partial charge in [-0.2, -0.15) is 0 Å². The summed E-state index contributed by atoms with van der Waals surface area (Å²) in [4.78, 5) is 52.9. The van der Waals surface area contributed by atoms with Crippen molar-refractivity contribution in [2.75, 3.05) is 7.11 Å². The standard InChI is InChI=1S/C62H60O8/c1-39-35-46(21-27-54(39)67-6)61(31-11-7-12-32-61)47-22-28-55(40(2)36-47)68-58(64)44-17-19-45(20-18-44)59(65)69-56-29-23-48(37-41(56)3)62(33-13-8-14-34-62)49-24-30-57(42(4)38-49)70-60(66)53-26-25-50(43(5)63)51-15-9-10-16-52(51)53/h9-10,15-30,35-38H,7-8,11-14,31-34H2,1-6H3. The quantitative estimate of drug-likeness (QED) is 0.0678. The molecule has 0 unspecified atom stereocenters. The Bertz CT molecular complexity index is 3150. The molecule has 7 aromatic carbocycles. The van der Waals surface area contributed by atoms with Gasteiger partial charge < -0.3 is 18.9 Å². The van der Waals surface area contributed by atoms with E-state index in [0.717, 1.165) is 102 Å². The summed E-state index contributed by atoms with van der Waals surface area (Å²) in [5, 5.41) is 1.39. The van der Waals surface area contributed by atoms with Gasteiger partial charge in [0.2, 0.25) is 0 Å². The predicted molar refractivity (Wildman–Crippen MR) is 274 cm³/mol. The second-order valence-corrected chi connectivity index (χ2v) is 19.4. The number of Topliss-reactive ketones (excluding diaryl/α,β-unsaturated/α-hetero) is 1. The Morgan fingerprint density at radius 3 is 1.10 bits per heavy atom. The molecule has 0 radical (unpaired) electrons. The lowest BCUT2D eigenvalue weighted by Crippen LogP contribution is -2.30. The largest absolute Gasteiger partial charge is 0.496 e. The van der Waals surface area contributed by atoms with Crippen molar-refractivity contribution in [3.8, 4) is 23.0 Å². The summed E-state index contributed by atoms with van der Waals surface area (Å²) in [7, 11) is 1.70. The highest BCUT2D eigenvalue weighted by atomic mass is 16.5. The summed E-state index contributed by atoms with van der Waals surface area (Å²) in [6.45, 7) is 9.50. The highest BCUT2D eigenvalue weighted by molar-refractivity contribution is 6.13. The summed E-state index contributed by atoms with van der Waals surface area (Å²) in [5.41, 5.74) is 9.67. The zero-order valence-corrected chi connectivity index (χ0v) is 41.0. The number of hydrogen-bond donors (Lipinski definition) is 0. The molecule has 9 rings (SSSR count). The van der Waals surface area contributed by atoms with Crippen molar-refractivity contribution < 1.29 is 38.1 Å². The molecule has 2 saturated carbocycles. The first-order chi connectivity index (χ1) is 33.8. The maximum atomic E-state index is 13.6. The number of aryl methyl sites for hydroxylation is 4. The Morgan fingerprint density at radius 2 is 0.743 bits per heavy atom. The molecular weight excluding hydrogens is 873 g/mol. The van der Waals surface area contributed by atoms with Crippen molar-refractivity contribution >= 4 is 34.5 Å². The van der Waals surface area contributed by atoms with Gasteiger partial charge in [-0.15, -0.1) is 0 Å². The Kier molecular flexibility index (Phi) is 13.6. The van der Waals surface area contributed by atoms with E-state index in [4.69, 9.17) is 18.9 Å². The predicted octanol–water partition coefficient (Wildman–Crippen LogP) is 14.4. The molecule has 356 valence electrons. The van der Waals surface area contributed by atoms with Gasteiger partial charge >= 0.3 is 17.9 Å². The van der Waals surface area contributed by atoms with Crippen LogP contribution in [0.1, 0.15) is 157 Å². The second-order valence-electron chi connectivity index (χ2n) is 19.4. The molecule has 0 amide bonds. The number of carbonyl (C=O) groups excluding carboxylic acids is 4. The van der Waals surface area contributed by atoms with E-state index >= 15 is 0 Å². The van der Waals surface area contributed by atoms with Crippen LogP contribution in [0.25, 0.3) is 10.8 Å². The first-order valence-electron chi connectivity index (χ1n) is 24.6. The number of fused-ring (bicyclic) bond motifs is 1. The summed E-state index contributed by atoms with van der Waals surface area (Å²) < 4.78 is 23.5. The SMILES string of the molecule is COc1ccc(C2(c3ccc(OC(=O)c4ccc(C(=O)Oc5ccc(C6(c7ccc(OC(=O)c8ccc(C(C)=O)c9ccccc89)c(C)c7)CCCCC6)cc5C)cc4)c(C)c3)CCCCC2)cc1C. The summed E-state index contributed by atoms with van der Waals surface area (Å²) in [5.74, 6) is 0.743. The third-order valence-electron chi connectivity index (χ3n) is 15.0. The number of rotatable bonds is 12. The van der Waals surface area contributed by atoms with E-state index in [9.17, 15) is 19.2 Å². The van der Waals surface area contributed by atoms with Crippen LogP contribution in [-0.4, -0.2) is 30.8 Å². The number of methoxy groups -OCH3 is 1. The molecule has 2 aliphatic carbocycles. The number of hydrogen-bond acceptors (Lipinski definition) is 8. The van der Waals surface area contributed by atoms with Crippen molar-refractivity contribution in [2.45, 2.75) is 110 Å². The molecule has 7 aromatic rings. The normalized spacial score (nSPS) is 15.2. The van der Waals surface area contributed by atoms with Crippen LogP contribution in [0.4, 0.5) is 0 Å². The monoisotopic (exact) mass is 932 g/mol. The van der Waals surface area contributed by atoms with Crippen molar-refractivity contribution in [1.82, 2.24) is 0 Å². The van der Waals surface area contributed by atoms with Crippen LogP contribution < -0.4 is 18.9 Å². The average Bonchev–Trinajstić information content (AvgIpc) is 3.38. The molecule has 0 saturated heterocycles. The molecule has 0 heterocycles. The van der Waals surface area contributed by atoms with Crippen LogP contribution in [0.2, 0.25) is 0 Å². The van der Waals surface area contributed by atoms with E-state index < -0.39 is 17.9 Å². The highest BCUT2D eigenvalue weighted by Gasteiger charge is 2.38. The fourth-order valence-corrected chi connectivity index (χ4v) is 11.2. The lowest BCUT2D eigenvalue weighted by atomic mass is 9.65. The van der Waals surface area contributed by atoms with Crippen LogP contribution in [-0.2, 0) is 10.8 Å². The van der Waals surface area contributed by atoms with Crippen molar-refractivity contribution in [2.24, 2.45) is 0 Å². The zero-order valence-electron chi connectivity index (χ0n) is 41.0. The summed E-state index contributed by atoms with van der Waals surface area (Å²) >= 11 is 0. The molecule has 0 bridgehead atoms. The van der Waals surface area contributed by atoms with Crippen molar-refractivity contribution in [3.05, 3.63) is 200 Å². The van der Waals surface area contributed by atoms with Crippen LogP contribution in [0, 0.1) is 27.7 Å². The van der Waals surface area contributed by atoms with Gasteiger partial charge in [0.05, 0.1) is 23.8 Å². The topological polar surface area (TPSA) is 105 Å². The molecule has 2 fully saturated rings. The van der Waals surface area contributed by atoms with Gasteiger partial charge in [-0.25, -0.2) is 14.4 Å². The van der Waals surface area contributed by atoms with Crippen LogP contribution in [0.3, 0.4) is 0 Å². The molecule has 8 nitrogen and oxygen atoms in total. The molecule has 0 spiro atoms. The lowest BCUT2D eigenvalue weighted by Gasteiger charge is -2.39. The molecule has 0 aromatic heterocycles. The maximum absolute atomic E-state index is 13.6. The second kappa shape index (κ2) is 20.0. The summed E-state index contributed by atoms with van der Waals surface area (Å²) in [6.07, 6.45) is 10.8. The number of ketones is 1. The third kappa shape index (κ3) is 9.27. The van der Waals surface area contributed by atoms with E-state index in [2.05, 4.69) is 61.5 Å². The van der Waals surface area contributed by atoms with E-state index in [1.807, 2.05) is 63.2 Å². The Labute approximate surface area is 411 Å². The van der Waals surface area contributed by atoms with E-state index in [-0.39, 0.29) is 16.6 Å². The van der Waals surface area contributed by atoms with Crippen molar-refractivity contribution in [3.63, 3.8) is 0 Å². The maximum Gasteiger partial charge on any atom is 0.344 e. The van der Waals surface area contributed by atoms with Gasteiger partial charge in [-0.05, 0) is 176 Å². The fraction of sp³-hybridized carbons (Fsp3) is 0.290. The van der Waals surface area contributed by atoms with Gasteiger partial charge in [-0.1, -0.05) is 111 Å². The fourth-order valence-electron chi connectivity index (χ4n) is 11.2. The molecular formula is C62H60O8. The first-order valence-corrected chi connectivity index (χ1v) is 24.6. The third-order valence-corrected chi connectivity index (χ3v) is 15.0. The van der Waals surface area contributed by atoms with Crippen LogP contribution in [0.15, 0.2) is 133 Å². The van der Waals surface area contributed by atoms with Crippen LogP contribution >= 0.6 is 0 Å². The van der Waals surface area contributed by atoms with E-state index in [1.54, 1.807) is 43.5 Å². The minimum absolute atomic E-state index is 0.0643. The Hall–Kier alpha value is -7.32. The Balaban J connectivity index is 0.870. The molecule has 0 aliphatic heterocycles.